The molecule has 1 aromatic carbocycles. The lowest BCUT2D eigenvalue weighted by molar-refractivity contribution is -0.130. The lowest BCUT2D eigenvalue weighted by Crippen LogP contribution is -2.50. The number of nitrogens with zero attached hydrogens (tertiary/aromatic N) is 3. The van der Waals surface area contributed by atoms with Crippen LogP contribution in [0.15, 0.2) is 29.4 Å². The summed E-state index contributed by atoms with van der Waals surface area (Å²) in [4.78, 5) is 16.7. The van der Waals surface area contributed by atoms with Crippen molar-refractivity contribution in [3.63, 3.8) is 0 Å². The molecule has 1 aromatic rings. The number of hydrogen-bond acceptors (Lipinski definition) is 5. The highest BCUT2D eigenvalue weighted by Crippen LogP contribution is 2.32. The van der Waals surface area contributed by atoms with E-state index in [1.807, 2.05) is 4.90 Å². The van der Waals surface area contributed by atoms with Crippen molar-refractivity contribution in [2.45, 2.75) is 32.6 Å². The van der Waals surface area contributed by atoms with Crippen LogP contribution >= 0.6 is 0 Å². The molecular formula is C18H30N6O. The first-order valence-corrected chi connectivity index (χ1v) is 8.68. The smallest absolute Gasteiger partial charge is 0.230 e. The number of amidine groups is 1. The fourth-order valence-electron chi connectivity index (χ4n) is 3.10. The van der Waals surface area contributed by atoms with Crippen molar-refractivity contribution in [2.75, 3.05) is 38.1 Å². The van der Waals surface area contributed by atoms with Crippen LogP contribution in [-0.2, 0) is 10.2 Å². The van der Waals surface area contributed by atoms with Crippen molar-refractivity contribution in [1.82, 2.24) is 15.8 Å². The van der Waals surface area contributed by atoms with Crippen molar-refractivity contribution >= 4 is 17.4 Å². The number of carbonyl (C=O) groups is 1. The Morgan fingerprint density at radius 1 is 1.20 bits per heavy atom. The third-order valence-corrected chi connectivity index (χ3v) is 4.43. The molecule has 7 nitrogen and oxygen atoms in total. The number of nitrogens with one attached hydrogen (secondary N) is 2. The molecule has 0 aliphatic carbocycles. The van der Waals surface area contributed by atoms with Crippen molar-refractivity contribution in [2.24, 2.45) is 10.9 Å². The monoisotopic (exact) mass is 346 g/mol. The fraction of sp³-hybridized carbons (Fsp3) is 0.556. The molecule has 0 bridgehead atoms. The van der Waals surface area contributed by atoms with Gasteiger partial charge in [-0.1, -0.05) is 39.0 Å². The lowest BCUT2D eigenvalue weighted by Gasteiger charge is -2.38. The predicted molar refractivity (Wildman–Crippen MR) is 102 cm³/mol. The molecule has 0 saturated carbocycles. The number of piperazine rings is 1. The fourth-order valence-corrected chi connectivity index (χ4v) is 3.10. The first-order valence-electron chi connectivity index (χ1n) is 8.68. The van der Waals surface area contributed by atoms with E-state index in [4.69, 9.17) is 5.84 Å². The SMILES string of the molecule is CNN/C(CC(=O)N1CCN(c2ccccc2C(C)(C)C)CC1)=N\N. The van der Waals surface area contributed by atoms with Crippen LogP contribution in [0.1, 0.15) is 32.8 Å². The molecule has 7 heteroatoms. The van der Waals surface area contributed by atoms with E-state index in [1.54, 1.807) is 7.05 Å². The van der Waals surface area contributed by atoms with E-state index >= 15 is 0 Å². The maximum atomic E-state index is 12.4. The van der Waals surface area contributed by atoms with Crippen LogP contribution in [0.25, 0.3) is 0 Å². The van der Waals surface area contributed by atoms with Crippen LogP contribution < -0.4 is 21.6 Å². The minimum Gasteiger partial charge on any atom is -0.368 e. The van der Waals surface area contributed by atoms with E-state index < -0.39 is 0 Å². The third-order valence-electron chi connectivity index (χ3n) is 4.43. The summed E-state index contributed by atoms with van der Waals surface area (Å²) in [5, 5.41) is 3.60. The Labute approximate surface area is 150 Å². The zero-order valence-corrected chi connectivity index (χ0v) is 15.7. The molecule has 1 aliphatic heterocycles. The quantitative estimate of drug-likeness (QED) is 0.328. The largest absolute Gasteiger partial charge is 0.368 e. The summed E-state index contributed by atoms with van der Waals surface area (Å²) >= 11 is 0. The average molecular weight is 346 g/mol. The van der Waals surface area contributed by atoms with Crippen LogP contribution in [0.2, 0.25) is 0 Å². The Bertz CT molecular complexity index is 614. The molecule has 0 spiro atoms. The molecule has 1 amide bonds. The number of para-hydroxylation sites is 1. The number of anilines is 1. The van der Waals surface area contributed by atoms with Gasteiger partial charge < -0.3 is 21.1 Å². The second kappa shape index (κ2) is 8.20. The van der Waals surface area contributed by atoms with Gasteiger partial charge in [-0.3, -0.25) is 4.79 Å². The van der Waals surface area contributed by atoms with Crippen molar-refractivity contribution in [3.05, 3.63) is 29.8 Å². The summed E-state index contributed by atoms with van der Waals surface area (Å²) in [5.41, 5.74) is 8.21. The number of benzene rings is 1. The molecule has 2 rings (SSSR count). The average Bonchev–Trinajstić information content (AvgIpc) is 2.60. The molecule has 0 unspecified atom stereocenters. The normalized spacial score (nSPS) is 16.1. The van der Waals surface area contributed by atoms with E-state index in [2.05, 4.69) is 65.9 Å². The topological polar surface area (TPSA) is 86.0 Å². The number of hydrazine groups is 1. The van der Waals surface area contributed by atoms with E-state index in [-0.39, 0.29) is 17.7 Å². The number of rotatable bonds is 4. The highest BCUT2D eigenvalue weighted by Gasteiger charge is 2.26. The van der Waals surface area contributed by atoms with Gasteiger partial charge in [0.25, 0.3) is 0 Å². The summed E-state index contributed by atoms with van der Waals surface area (Å²) in [6.45, 7) is 9.75. The number of carbonyl (C=O) groups excluding carboxylic acids is 1. The van der Waals surface area contributed by atoms with Crippen molar-refractivity contribution < 1.29 is 4.79 Å². The van der Waals surface area contributed by atoms with Gasteiger partial charge in [-0.2, -0.15) is 5.10 Å². The van der Waals surface area contributed by atoms with Crippen molar-refractivity contribution in [3.8, 4) is 0 Å². The van der Waals surface area contributed by atoms with Gasteiger partial charge in [-0.05, 0) is 17.0 Å². The van der Waals surface area contributed by atoms with Crippen LogP contribution in [0, 0.1) is 0 Å². The Kier molecular flexibility index (Phi) is 6.25. The summed E-state index contributed by atoms with van der Waals surface area (Å²) in [6, 6.07) is 8.54. The summed E-state index contributed by atoms with van der Waals surface area (Å²) in [6.07, 6.45) is 0.177. The molecule has 1 heterocycles. The predicted octanol–water partition coefficient (Wildman–Crippen LogP) is 1.02. The molecule has 1 saturated heterocycles. The van der Waals surface area contributed by atoms with Crippen molar-refractivity contribution in [1.29, 1.82) is 0 Å². The standard InChI is InChI=1S/C18H30N6O/c1-18(2,3)14-7-5-6-8-15(14)23-9-11-24(12-10-23)17(25)13-16(21-19)22-20-4/h5-8,20H,9-13,19H2,1-4H3,(H,21,22). The summed E-state index contributed by atoms with van der Waals surface area (Å²) < 4.78 is 0. The van der Waals surface area contributed by atoms with E-state index in [0.29, 0.717) is 18.9 Å². The molecule has 1 fully saturated rings. The maximum Gasteiger partial charge on any atom is 0.230 e. The molecule has 1 aliphatic rings. The van der Waals surface area contributed by atoms with Gasteiger partial charge in [0.1, 0.15) is 5.84 Å². The highest BCUT2D eigenvalue weighted by atomic mass is 16.2. The second-order valence-corrected chi connectivity index (χ2v) is 7.26. The molecule has 0 atom stereocenters. The zero-order chi connectivity index (χ0) is 18.4. The number of hydrogen-bond donors (Lipinski definition) is 3. The summed E-state index contributed by atoms with van der Waals surface area (Å²) in [7, 11) is 1.71. The van der Waals surface area contributed by atoms with Crippen LogP contribution in [-0.4, -0.2) is 49.9 Å². The summed E-state index contributed by atoms with van der Waals surface area (Å²) in [5.74, 6) is 5.77. The minimum atomic E-state index is 0.0377. The minimum absolute atomic E-state index is 0.0377. The van der Waals surface area contributed by atoms with Gasteiger partial charge in [0.05, 0.1) is 6.42 Å². The van der Waals surface area contributed by atoms with Crippen LogP contribution in [0.3, 0.4) is 0 Å². The Morgan fingerprint density at radius 3 is 2.40 bits per heavy atom. The van der Waals surface area contributed by atoms with Gasteiger partial charge in [0, 0.05) is 38.9 Å². The second-order valence-electron chi connectivity index (χ2n) is 7.26. The molecule has 4 N–H and O–H groups in total. The third kappa shape index (κ3) is 4.85. The molecule has 0 aromatic heterocycles. The van der Waals surface area contributed by atoms with Gasteiger partial charge in [-0.15, -0.1) is 0 Å². The Hall–Kier alpha value is -2.28. The zero-order valence-electron chi connectivity index (χ0n) is 15.7. The molecule has 138 valence electrons. The van der Waals surface area contributed by atoms with E-state index in [0.717, 1.165) is 13.1 Å². The van der Waals surface area contributed by atoms with Gasteiger partial charge >= 0.3 is 0 Å². The van der Waals surface area contributed by atoms with E-state index in [9.17, 15) is 4.79 Å². The van der Waals surface area contributed by atoms with Gasteiger partial charge in [0.15, 0.2) is 0 Å². The number of nitrogens with two attached hydrogens (primary N) is 1. The molecular weight excluding hydrogens is 316 g/mol. The molecule has 0 radical (unpaired) electrons. The van der Waals surface area contributed by atoms with Gasteiger partial charge in [0.2, 0.25) is 5.91 Å². The number of hydrazone groups is 1. The Balaban J connectivity index is 2.00. The van der Waals surface area contributed by atoms with E-state index in [1.165, 1.54) is 11.3 Å². The van der Waals surface area contributed by atoms with Crippen LogP contribution in [0.4, 0.5) is 5.69 Å². The lowest BCUT2D eigenvalue weighted by atomic mass is 9.85. The maximum absolute atomic E-state index is 12.4. The van der Waals surface area contributed by atoms with Crippen LogP contribution in [0.5, 0.6) is 0 Å². The Morgan fingerprint density at radius 2 is 1.84 bits per heavy atom. The first kappa shape index (κ1) is 19.1. The van der Waals surface area contributed by atoms with Gasteiger partial charge in [-0.25, -0.2) is 5.43 Å². The highest BCUT2D eigenvalue weighted by molar-refractivity contribution is 5.99. The number of amides is 1. The first-order chi connectivity index (χ1) is 11.9. The molecule has 25 heavy (non-hydrogen) atoms.